The number of oxime groups is 1. The molecule has 1 aromatic heterocycles. The largest absolute Gasteiger partial charge is 0.425 e. The van der Waals surface area contributed by atoms with Gasteiger partial charge >= 0.3 is 6.18 Å². The molecule has 11 heteroatoms. The number of likely N-dealkylation sites (tertiary alicyclic amines) is 2. The number of alkyl halides is 3. The van der Waals surface area contributed by atoms with Crippen LogP contribution in [-0.2, 0) is 4.84 Å². The van der Waals surface area contributed by atoms with E-state index in [4.69, 9.17) is 4.84 Å². The quantitative estimate of drug-likeness (QED) is 0.324. The summed E-state index contributed by atoms with van der Waals surface area (Å²) in [4.78, 5) is 30.7. The van der Waals surface area contributed by atoms with E-state index in [1.807, 2.05) is 43.0 Å². The van der Waals surface area contributed by atoms with Crippen molar-refractivity contribution in [1.82, 2.24) is 19.8 Å². The maximum Gasteiger partial charge on any atom is 0.425 e. The lowest BCUT2D eigenvalue weighted by Gasteiger charge is -2.49. The predicted molar refractivity (Wildman–Crippen MR) is 142 cm³/mol. The summed E-state index contributed by atoms with van der Waals surface area (Å²) in [6.45, 7) is 7.41. The fourth-order valence-electron chi connectivity index (χ4n) is 5.42. The van der Waals surface area contributed by atoms with Gasteiger partial charge in [-0.25, -0.2) is 9.97 Å². The summed E-state index contributed by atoms with van der Waals surface area (Å²) in [6, 6.07) is 7.40. The van der Waals surface area contributed by atoms with Crippen LogP contribution in [0.1, 0.15) is 59.9 Å². The second-order valence-electron chi connectivity index (χ2n) is 10.3. The number of carbonyl (C=O) groups excluding carboxylic acids is 1. The van der Waals surface area contributed by atoms with Crippen molar-refractivity contribution in [3.8, 4) is 0 Å². The van der Waals surface area contributed by atoms with Gasteiger partial charge in [-0.3, -0.25) is 9.69 Å². The second-order valence-corrected chi connectivity index (χ2v) is 11.3. The molecule has 3 heterocycles. The first kappa shape index (κ1) is 28.5. The first-order valence-corrected chi connectivity index (χ1v) is 13.6. The summed E-state index contributed by atoms with van der Waals surface area (Å²) < 4.78 is 38.9. The lowest BCUT2D eigenvalue weighted by atomic mass is 9.82. The molecule has 2 saturated heterocycles. The van der Waals surface area contributed by atoms with Crippen molar-refractivity contribution in [2.75, 3.05) is 32.8 Å². The molecule has 0 bridgehead atoms. The van der Waals surface area contributed by atoms with Crippen LogP contribution in [0.2, 0.25) is 0 Å². The molecule has 38 heavy (non-hydrogen) atoms. The molecule has 2 aromatic rings. The maximum atomic E-state index is 13.2. The molecule has 4 rings (SSSR count). The number of hydrogen-bond donors (Lipinski definition) is 0. The van der Waals surface area contributed by atoms with E-state index >= 15 is 0 Å². The smallest absolute Gasteiger partial charge is 0.386 e. The van der Waals surface area contributed by atoms with Gasteiger partial charge in [0.2, 0.25) is 6.61 Å². The third-order valence-electron chi connectivity index (χ3n) is 7.74. The summed E-state index contributed by atoms with van der Waals surface area (Å²) >= 11 is 3.40. The first-order valence-electron chi connectivity index (χ1n) is 12.8. The van der Waals surface area contributed by atoms with Crippen molar-refractivity contribution in [3.05, 3.63) is 57.6 Å². The molecule has 206 valence electrons. The Bertz CT molecular complexity index is 1140. The van der Waals surface area contributed by atoms with E-state index < -0.39 is 12.8 Å². The third-order valence-corrected chi connectivity index (χ3v) is 8.27. The van der Waals surface area contributed by atoms with Crippen LogP contribution in [0.5, 0.6) is 0 Å². The molecule has 0 saturated carbocycles. The number of aromatic nitrogens is 2. The Kier molecular flexibility index (Phi) is 8.76. The molecule has 2 aliphatic heterocycles. The molecule has 0 spiro atoms. The Morgan fingerprint density at radius 2 is 1.66 bits per heavy atom. The van der Waals surface area contributed by atoms with Crippen molar-refractivity contribution in [2.45, 2.75) is 58.2 Å². The standard InChI is InChI=1S/C27H33BrF3N5O2/c1-18-23(19(2)33-17-32-18)25(37)35-14-10-26(3,11-15-35)36-12-8-21(9-13-36)24(34-38-16-27(29,30)31)20-4-6-22(28)7-5-20/h4-7,17,21H,8-16H2,1-3H3/b34-24+. The van der Waals surface area contributed by atoms with Crippen molar-refractivity contribution in [2.24, 2.45) is 11.1 Å². The lowest BCUT2D eigenvalue weighted by Crippen LogP contribution is -2.56. The van der Waals surface area contributed by atoms with Gasteiger partial charge in [0.25, 0.3) is 5.91 Å². The molecule has 0 aliphatic carbocycles. The van der Waals surface area contributed by atoms with Crippen LogP contribution in [-0.4, -0.2) is 75.9 Å². The Morgan fingerprint density at radius 1 is 1.08 bits per heavy atom. The van der Waals surface area contributed by atoms with Gasteiger partial charge in [-0.15, -0.1) is 0 Å². The number of hydrogen-bond acceptors (Lipinski definition) is 6. The summed E-state index contributed by atoms with van der Waals surface area (Å²) in [5, 5.41) is 3.97. The Labute approximate surface area is 229 Å². The Balaban J connectivity index is 1.39. The topological polar surface area (TPSA) is 70.9 Å². The average Bonchev–Trinajstić information content (AvgIpc) is 2.87. The van der Waals surface area contributed by atoms with Crippen LogP contribution in [0.25, 0.3) is 0 Å². The molecular weight excluding hydrogens is 563 g/mol. The van der Waals surface area contributed by atoms with Crippen molar-refractivity contribution in [1.29, 1.82) is 0 Å². The summed E-state index contributed by atoms with van der Waals surface area (Å²) in [5.74, 6) is -0.0227. The maximum absolute atomic E-state index is 13.2. The van der Waals surface area contributed by atoms with Crippen LogP contribution in [0, 0.1) is 19.8 Å². The minimum absolute atomic E-state index is 0.00467. The van der Waals surface area contributed by atoms with E-state index in [2.05, 4.69) is 42.9 Å². The zero-order valence-corrected chi connectivity index (χ0v) is 23.5. The number of amides is 1. The van der Waals surface area contributed by atoms with E-state index in [0.29, 0.717) is 35.8 Å². The fraction of sp³-hybridized carbons (Fsp3) is 0.556. The minimum Gasteiger partial charge on any atom is -0.386 e. The zero-order valence-electron chi connectivity index (χ0n) is 21.9. The lowest BCUT2D eigenvalue weighted by molar-refractivity contribution is -0.173. The van der Waals surface area contributed by atoms with Gasteiger partial charge in [-0.05, 0) is 77.2 Å². The third kappa shape index (κ3) is 6.72. The monoisotopic (exact) mass is 595 g/mol. The molecule has 7 nitrogen and oxygen atoms in total. The number of aryl methyl sites for hydroxylation is 2. The molecule has 1 amide bonds. The molecule has 2 fully saturated rings. The van der Waals surface area contributed by atoms with Gasteiger partial charge in [-0.2, -0.15) is 13.2 Å². The van der Waals surface area contributed by atoms with E-state index in [-0.39, 0.29) is 17.4 Å². The molecule has 0 unspecified atom stereocenters. The zero-order chi connectivity index (χ0) is 27.5. The molecule has 0 atom stereocenters. The second kappa shape index (κ2) is 11.7. The van der Waals surface area contributed by atoms with Crippen molar-refractivity contribution >= 4 is 27.5 Å². The Morgan fingerprint density at radius 3 is 2.21 bits per heavy atom. The highest BCUT2D eigenvalue weighted by Gasteiger charge is 2.40. The predicted octanol–water partition coefficient (Wildman–Crippen LogP) is 5.55. The molecule has 2 aliphatic rings. The highest BCUT2D eigenvalue weighted by Crippen LogP contribution is 2.34. The normalized spacial score (nSPS) is 19.4. The first-order chi connectivity index (χ1) is 18.0. The number of benzene rings is 1. The highest BCUT2D eigenvalue weighted by molar-refractivity contribution is 9.10. The minimum atomic E-state index is -4.44. The molecular formula is C27H33BrF3N5O2. The van der Waals surface area contributed by atoms with Crippen LogP contribution in [0.4, 0.5) is 13.2 Å². The van der Waals surface area contributed by atoms with E-state index in [1.165, 1.54) is 6.33 Å². The number of nitrogens with zero attached hydrogens (tertiary/aromatic N) is 5. The van der Waals surface area contributed by atoms with Crippen LogP contribution < -0.4 is 0 Å². The molecule has 1 aromatic carbocycles. The number of halogens is 4. The van der Waals surface area contributed by atoms with E-state index in [1.54, 1.807) is 0 Å². The van der Waals surface area contributed by atoms with Crippen LogP contribution in [0.15, 0.2) is 40.2 Å². The van der Waals surface area contributed by atoms with Gasteiger partial charge in [-0.1, -0.05) is 33.2 Å². The fourth-order valence-corrected chi connectivity index (χ4v) is 5.68. The van der Waals surface area contributed by atoms with Gasteiger partial charge < -0.3 is 9.74 Å². The number of rotatable bonds is 6. The van der Waals surface area contributed by atoms with Crippen LogP contribution >= 0.6 is 15.9 Å². The average molecular weight is 596 g/mol. The SMILES string of the molecule is Cc1ncnc(C)c1C(=O)N1CCC(C)(N2CCC(/C(=N/OCC(F)(F)F)c3ccc(Br)cc3)CC2)CC1. The van der Waals surface area contributed by atoms with E-state index in [9.17, 15) is 18.0 Å². The highest BCUT2D eigenvalue weighted by atomic mass is 79.9. The van der Waals surface area contributed by atoms with Crippen molar-refractivity contribution in [3.63, 3.8) is 0 Å². The van der Waals surface area contributed by atoms with E-state index in [0.717, 1.165) is 48.8 Å². The van der Waals surface area contributed by atoms with Gasteiger partial charge in [0.15, 0.2) is 0 Å². The summed E-state index contributed by atoms with van der Waals surface area (Å²) in [6.07, 6.45) is 0.265. The molecule has 0 radical (unpaired) electrons. The van der Waals surface area contributed by atoms with Gasteiger partial charge in [0, 0.05) is 29.0 Å². The molecule has 0 N–H and O–H groups in total. The number of piperidine rings is 2. The Hall–Kier alpha value is -2.53. The summed E-state index contributed by atoms with van der Waals surface area (Å²) in [7, 11) is 0. The number of carbonyl (C=O) groups is 1. The van der Waals surface area contributed by atoms with Crippen LogP contribution in [0.3, 0.4) is 0 Å². The summed E-state index contributed by atoms with van der Waals surface area (Å²) in [5.41, 5.74) is 3.25. The van der Waals surface area contributed by atoms with Gasteiger partial charge in [0.05, 0.1) is 22.7 Å². The van der Waals surface area contributed by atoms with Crippen molar-refractivity contribution < 1.29 is 22.8 Å². The van der Waals surface area contributed by atoms with Gasteiger partial charge in [0.1, 0.15) is 6.33 Å².